The van der Waals surface area contributed by atoms with Crippen molar-refractivity contribution in [1.82, 2.24) is 15.1 Å². The standard InChI is InChI=1S/C14H29N3/c1-3-16-10-6-14(11-16)12-17-8-4-7-15-13(2)5-9-17/h13-15H,3-12H2,1-2H3. The molecule has 2 atom stereocenters. The molecule has 0 saturated carbocycles. The first-order chi connectivity index (χ1) is 8.28. The van der Waals surface area contributed by atoms with E-state index in [1.54, 1.807) is 0 Å². The SMILES string of the molecule is CCN1CCC(CN2CCCNC(C)CC2)C1. The van der Waals surface area contributed by atoms with E-state index in [1.165, 1.54) is 65.1 Å². The fourth-order valence-electron chi connectivity index (χ4n) is 3.14. The van der Waals surface area contributed by atoms with Crippen LogP contribution in [0.25, 0.3) is 0 Å². The van der Waals surface area contributed by atoms with E-state index in [1.807, 2.05) is 0 Å². The summed E-state index contributed by atoms with van der Waals surface area (Å²) >= 11 is 0. The summed E-state index contributed by atoms with van der Waals surface area (Å²) < 4.78 is 0. The fraction of sp³-hybridized carbons (Fsp3) is 1.00. The molecule has 0 bridgehead atoms. The molecule has 0 amide bonds. The van der Waals surface area contributed by atoms with Crippen LogP contribution in [0.1, 0.15) is 33.1 Å². The van der Waals surface area contributed by atoms with Gasteiger partial charge in [0.05, 0.1) is 0 Å². The summed E-state index contributed by atoms with van der Waals surface area (Å²) in [7, 11) is 0. The van der Waals surface area contributed by atoms with Gasteiger partial charge < -0.3 is 15.1 Å². The Bertz CT molecular complexity index is 220. The van der Waals surface area contributed by atoms with Crippen molar-refractivity contribution in [2.45, 2.75) is 39.2 Å². The maximum absolute atomic E-state index is 3.58. The lowest BCUT2D eigenvalue weighted by Crippen LogP contribution is -2.40. The Kier molecular flexibility index (Phi) is 5.26. The lowest BCUT2D eigenvalue weighted by Gasteiger charge is -2.29. The molecule has 3 nitrogen and oxygen atoms in total. The maximum atomic E-state index is 3.58. The normalized spacial score (nSPS) is 33.5. The van der Waals surface area contributed by atoms with Crippen molar-refractivity contribution in [2.75, 3.05) is 45.8 Å². The molecule has 0 aromatic heterocycles. The molecule has 2 rings (SSSR count). The van der Waals surface area contributed by atoms with E-state index in [0.717, 1.165) is 5.92 Å². The second-order valence-electron chi connectivity index (χ2n) is 5.85. The van der Waals surface area contributed by atoms with Gasteiger partial charge in [0.15, 0.2) is 0 Å². The third-order valence-electron chi connectivity index (χ3n) is 4.36. The summed E-state index contributed by atoms with van der Waals surface area (Å²) in [5.74, 6) is 0.928. The Hall–Kier alpha value is -0.120. The van der Waals surface area contributed by atoms with Crippen LogP contribution in [0.3, 0.4) is 0 Å². The second-order valence-corrected chi connectivity index (χ2v) is 5.85. The van der Waals surface area contributed by atoms with Crippen molar-refractivity contribution >= 4 is 0 Å². The summed E-state index contributed by atoms with van der Waals surface area (Å²) in [6, 6.07) is 0.702. The number of nitrogens with one attached hydrogen (secondary N) is 1. The summed E-state index contributed by atoms with van der Waals surface area (Å²) in [5, 5.41) is 3.58. The molecule has 2 fully saturated rings. The van der Waals surface area contributed by atoms with Crippen molar-refractivity contribution in [1.29, 1.82) is 0 Å². The molecule has 100 valence electrons. The minimum Gasteiger partial charge on any atom is -0.314 e. The highest BCUT2D eigenvalue weighted by Gasteiger charge is 2.23. The van der Waals surface area contributed by atoms with Gasteiger partial charge in [0.1, 0.15) is 0 Å². The van der Waals surface area contributed by atoms with Crippen molar-refractivity contribution in [3.05, 3.63) is 0 Å². The average molecular weight is 239 g/mol. The quantitative estimate of drug-likeness (QED) is 0.803. The van der Waals surface area contributed by atoms with Crippen LogP contribution in [0, 0.1) is 5.92 Å². The smallest absolute Gasteiger partial charge is 0.00509 e. The van der Waals surface area contributed by atoms with E-state index >= 15 is 0 Å². The van der Waals surface area contributed by atoms with Crippen molar-refractivity contribution in [3.8, 4) is 0 Å². The van der Waals surface area contributed by atoms with Crippen LogP contribution < -0.4 is 5.32 Å². The molecule has 1 N–H and O–H groups in total. The molecule has 0 radical (unpaired) electrons. The largest absolute Gasteiger partial charge is 0.314 e. The van der Waals surface area contributed by atoms with E-state index in [-0.39, 0.29) is 0 Å². The van der Waals surface area contributed by atoms with E-state index in [9.17, 15) is 0 Å². The third kappa shape index (κ3) is 4.23. The Labute approximate surface area is 107 Å². The molecular weight excluding hydrogens is 210 g/mol. The van der Waals surface area contributed by atoms with Gasteiger partial charge in [-0.2, -0.15) is 0 Å². The number of likely N-dealkylation sites (tertiary alicyclic amines) is 1. The van der Waals surface area contributed by atoms with Gasteiger partial charge in [-0.05, 0) is 64.8 Å². The average Bonchev–Trinajstić information content (AvgIpc) is 2.76. The second kappa shape index (κ2) is 6.72. The van der Waals surface area contributed by atoms with E-state index < -0.39 is 0 Å². The van der Waals surface area contributed by atoms with E-state index in [0.29, 0.717) is 6.04 Å². The van der Waals surface area contributed by atoms with Gasteiger partial charge in [-0.15, -0.1) is 0 Å². The van der Waals surface area contributed by atoms with Crippen LogP contribution in [0.5, 0.6) is 0 Å². The molecule has 0 aliphatic carbocycles. The van der Waals surface area contributed by atoms with Gasteiger partial charge in [-0.25, -0.2) is 0 Å². The predicted molar refractivity (Wildman–Crippen MR) is 73.4 cm³/mol. The van der Waals surface area contributed by atoms with Gasteiger partial charge in [-0.3, -0.25) is 0 Å². The van der Waals surface area contributed by atoms with Crippen LogP contribution in [0.2, 0.25) is 0 Å². The van der Waals surface area contributed by atoms with Crippen LogP contribution in [-0.2, 0) is 0 Å². The summed E-state index contributed by atoms with van der Waals surface area (Å²) in [4.78, 5) is 5.31. The first kappa shape index (κ1) is 13.3. The monoisotopic (exact) mass is 239 g/mol. The molecule has 2 unspecified atom stereocenters. The number of hydrogen-bond acceptors (Lipinski definition) is 3. The Morgan fingerprint density at radius 1 is 1.12 bits per heavy atom. The molecule has 0 aromatic rings. The van der Waals surface area contributed by atoms with Gasteiger partial charge in [0.25, 0.3) is 0 Å². The topological polar surface area (TPSA) is 18.5 Å². The Morgan fingerprint density at radius 2 is 1.94 bits per heavy atom. The van der Waals surface area contributed by atoms with Gasteiger partial charge in [0, 0.05) is 19.1 Å². The van der Waals surface area contributed by atoms with Crippen LogP contribution >= 0.6 is 0 Å². The summed E-state index contributed by atoms with van der Waals surface area (Å²) in [5.41, 5.74) is 0. The van der Waals surface area contributed by atoms with E-state index in [2.05, 4.69) is 29.0 Å². The van der Waals surface area contributed by atoms with Gasteiger partial charge in [0.2, 0.25) is 0 Å². The number of nitrogens with zero attached hydrogens (tertiary/aromatic N) is 2. The van der Waals surface area contributed by atoms with Crippen molar-refractivity contribution in [3.63, 3.8) is 0 Å². The first-order valence-electron chi connectivity index (χ1n) is 7.46. The highest BCUT2D eigenvalue weighted by molar-refractivity contribution is 4.79. The van der Waals surface area contributed by atoms with Crippen LogP contribution in [0.15, 0.2) is 0 Å². The maximum Gasteiger partial charge on any atom is 0.00509 e. The minimum atomic E-state index is 0.702. The van der Waals surface area contributed by atoms with Crippen LogP contribution in [-0.4, -0.2) is 61.7 Å². The van der Waals surface area contributed by atoms with Crippen LogP contribution in [0.4, 0.5) is 0 Å². The zero-order valence-electron chi connectivity index (χ0n) is 11.6. The zero-order chi connectivity index (χ0) is 12.1. The highest BCUT2D eigenvalue weighted by atomic mass is 15.2. The summed E-state index contributed by atoms with van der Waals surface area (Å²) in [6.45, 7) is 13.6. The summed E-state index contributed by atoms with van der Waals surface area (Å²) in [6.07, 6.45) is 4.04. The van der Waals surface area contributed by atoms with Gasteiger partial charge >= 0.3 is 0 Å². The van der Waals surface area contributed by atoms with Crippen molar-refractivity contribution in [2.24, 2.45) is 5.92 Å². The molecule has 17 heavy (non-hydrogen) atoms. The predicted octanol–water partition coefficient (Wildman–Crippen LogP) is 1.40. The fourth-order valence-corrected chi connectivity index (χ4v) is 3.14. The van der Waals surface area contributed by atoms with E-state index in [4.69, 9.17) is 0 Å². The first-order valence-corrected chi connectivity index (χ1v) is 7.46. The van der Waals surface area contributed by atoms with Gasteiger partial charge in [-0.1, -0.05) is 6.92 Å². The molecule has 0 aromatic carbocycles. The molecule has 2 saturated heterocycles. The number of hydrogen-bond donors (Lipinski definition) is 1. The lowest BCUT2D eigenvalue weighted by atomic mass is 10.1. The molecule has 2 aliphatic rings. The Morgan fingerprint density at radius 3 is 2.71 bits per heavy atom. The minimum absolute atomic E-state index is 0.702. The molecule has 0 spiro atoms. The molecular formula is C14H29N3. The third-order valence-corrected chi connectivity index (χ3v) is 4.36. The Balaban J connectivity index is 1.73. The number of rotatable bonds is 3. The zero-order valence-corrected chi connectivity index (χ0v) is 11.6. The molecule has 2 heterocycles. The molecule has 2 aliphatic heterocycles. The highest BCUT2D eigenvalue weighted by Crippen LogP contribution is 2.17. The van der Waals surface area contributed by atoms with Crippen molar-refractivity contribution < 1.29 is 0 Å². The lowest BCUT2D eigenvalue weighted by molar-refractivity contribution is 0.202. The molecule has 3 heteroatoms.